The largest absolute Gasteiger partial charge is 0.495 e. The van der Waals surface area contributed by atoms with Gasteiger partial charge < -0.3 is 4.74 Å². The Morgan fingerprint density at radius 2 is 2.33 bits per heavy atom. The Kier molecular flexibility index (Phi) is 3.11. The lowest BCUT2D eigenvalue weighted by molar-refractivity contribution is 0.411. The summed E-state index contributed by atoms with van der Waals surface area (Å²) in [5, 5.41) is 0.519. The Morgan fingerprint density at radius 1 is 1.58 bits per heavy atom. The molecule has 1 aromatic carbocycles. The summed E-state index contributed by atoms with van der Waals surface area (Å²) in [7, 11) is 1.52. The maximum absolute atomic E-state index is 10.1. The fraction of sp³-hybridized carbons (Fsp3) is 0.222. The van der Waals surface area contributed by atoms with Crippen LogP contribution in [-0.4, -0.2) is 13.4 Å². The SMILES string of the molecule is COc1c(Cl)cccc1C[C]=O. The van der Waals surface area contributed by atoms with E-state index in [9.17, 15) is 4.79 Å². The minimum Gasteiger partial charge on any atom is -0.495 e. The van der Waals surface area contributed by atoms with Crippen molar-refractivity contribution in [3.8, 4) is 5.75 Å². The van der Waals surface area contributed by atoms with Gasteiger partial charge in [0.2, 0.25) is 6.29 Å². The predicted molar refractivity (Wildman–Crippen MR) is 47.4 cm³/mol. The molecule has 0 fully saturated rings. The van der Waals surface area contributed by atoms with Gasteiger partial charge in [-0.15, -0.1) is 0 Å². The van der Waals surface area contributed by atoms with Crippen LogP contribution in [0, 0.1) is 0 Å². The van der Waals surface area contributed by atoms with Gasteiger partial charge in [0, 0.05) is 12.0 Å². The van der Waals surface area contributed by atoms with Crippen LogP contribution in [0.4, 0.5) is 0 Å². The lowest BCUT2D eigenvalue weighted by Gasteiger charge is -2.06. The summed E-state index contributed by atoms with van der Waals surface area (Å²) in [5.74, 6) is 0.558. The first-order valence-corrected chi connectivity index (χ1v) is 3.83. The molecule has 2 nitrogen and oxygen atoms in total. The van der Waals surface area contributed by atoms with Crippen LogP contribution >= 0.6 is 11.6 Å². The number of halogens is 1. The first-order chi connectivity index (χ1) is 5.79. The van der Waals surface area contributed by atoms with Crippen molar-refractivity contribution >= 4 is 17.9 Å². The van der Waals surface area contributed by atoms with Crippen molar-refractivity contribution in [1.82, 2.24) is 0 Å². The molecular formula is C9H8ClO2. The highest BCUT2D eigenvalue weighted by atomic mass is 35.5. The van der Waals surface area contributed by atoms with Gasteiger partial charge in [-0.25, -0.2) is 0 Å². The Balaban J connectivity index is 3.08. The second-order valence-corrected chi connectivity index (χ2v) is 2.66. The molecule has 0 atom stereocenters. The molecule has 0 saturated carbocycles. The van der Waals surface area contributed by atoms with Gasteiger partial charge in [0.05, 0.1) is 12.1 Å². The van der Waals surface area contributed by atoms with Crippen LogP contribution in [-0.2, 0) is 11.2 Å². The number of hydrogen-bond acceptors (Lipinski definition) is 2. The maximum atomic E-state index is 10.1. The normalized spacial score (nSPS) is 9.50. The van der Waals surface area contributed by atoms with Gasteiger partial charge in [0.15, 0.2) is 0 Å². The molecule has 0 aliphatic heterocycles. The first-order valence-electron chi connectivity index (χ1n) is 3.46. The second kappa shape index (κ2) is 4.12. The monoisotopic (exact) mass is 183 g/mol. The molecule has 0 heterocycles. The zero-order chi connectivity index (χ0) is 8.97. The molecule has 0 spiro atoms. The Hall–Kier alpha value is -1.02. The van der Waals surface area contributed by atoms with E-state index < -0.39 is 0 Å². The number of hydrogen-bond donors (Lipinski definition) is 0. The molecule has 0 aliphatic rings. The lowest BCUT2D eigenvalue weighted by Crippen LogP contribution is -1.93. The van der Waals surface area contributed by atoms with E-state index in [2.05, 4.69) is 0 Å². The summed E-state index contributed by atoms with van der Waals surface area (Å²) in [4.78, 5) is 10.1. The van der Waals surface area contributed by atoms with Gasteiger partial charge in [-0.3, -0.25) is 4.79 Å². The third kappa shape index (κ3) is 1.77. The van der Waals surface area contributed by atoms with E-state index in [0.29, 0.717) is 10.8 Å². The van der Waals surface area contributed by atoms with Crippen molar-refractivity contribution in [3.05, 3.63) is 28.8 Å². The molecule has 63 valence electrons. The zero-order valence-corrected chi connectivity index (χ0v) is 7.39. The van der Waals surface area contributed by atoms with E-state index in [1.165, 1.54) is 7.11 Å². The summed E-state index contributed by atoms with van der Waals surface area (Å²) in [6.45, 7) is 0. The number of rotatable bonds is 3. The van der Waals surface area contributed by atoms with Crippen LogP contribution in [0.3, 0.4) is 0 Å². The standard InChI is InChI=1S/C9H8ClO2/c1-12-9-7(5-6-11)3-2-4-8(9)10/h2-4H,5H2,1H3. The van der Waals surface area contributed by atoms with Crippen molar-refractivity contribution in [2.45, 2.75) is 6.42 Å². The van der Waals surface area contributed by atoms with E-state index in [4.69, 9.17) is 16.3 Å². The van der Waals surface area contributed by atoms with Crippen molar-refractivity contribution in [3.63, 3.8) is 0 Å². The number of ether oxygens (including phenoxy) is 1. The third-order valence-electron chi connectivity index (χ3n) is 1.52. The van der Waals surface area contributed by atoms with E-state index in [-0.39, 0.29) is 6.42 Å². The summed E-state index contributed by atoms with van der Waals surface area (Å²) in [6.07, 6.45) is 2.01. The summed E-state index contributed by atoms with van der Waals surface area (Å²) >= 11 is 5.81. The molecule has 12 heavy (non-hydrogen) atoms. The fourth-order valence-corrected chi connectivity index (χ4v) is 1.27. The molecule has 0 aromatic heterocycles. The first kappa shape index (κ1) is 9.07. The van der Waals surface area contributed by atoms with E-state index >= 15 is 0 Å². The molecular weight excluding hydrogens is 176 g/mol. The van der Waals surface area contributed by atoms with Gasteiger partial charge in [-0.2, -0.15) is 0 Å². The highest BCUT2D eigenvalue weighted by molar-refractivity contribution is 6.32. The second-order valence-electron chi connectivity index (χ2n) is 2.25. The summed E-state index contributed by atoms with van der Waals surface area (Å²) in [5.41, 5.74) is 0.764. The Morgan fingerprint density at radius 3 is 2.92 bits per heavy atom. The Labute approximate surface area is 76.1 Å². The van der Waals surface area contributed by atoms with Crippen molar-refractivity contribution in [1.29, 1.82) is 0 Å². The molecule has 0 saturated heterocycles. The van der Waals surface area contributed by atoms with E-state index in [1.807, 2.05) is 0 Å². The number of para-hydroxylation sites is 1. The van der Waals surface area contributed by atoms with E-state index in [1.54, 1.807) is 24.5 Å². The highest BCUT2D eigenvalue weighted by Crippen LogP contribution is 2.27. The van der Waals surface area contributed by atoms with Crippen molar-refractivity contribution in [2.75, 3.05) is 7.11 Å². The quantitative estimate of drug-likeness (QED) is 0.717. The number of methoxy groups -OCH3 is 1. The minimum absolute atomic E-state index is 0.212. The lowest BCUT2D eigenvalue weighted by atomic mass is 10.1. The molecule has 1 radical (unpaired) electrons. The van der Waals surface area contributed by atoms with Crippen LogP contribution in [0.1, 0.15) is 5.56 Å². The van der Waals surface area contributed by atoms with Crippen LogP contribution in [0.5, 0.6) is 5.75 Å². The smallest absolute Gasteiger partial charge is 0.203 e. The molecule has 3 heteroatoms. The van der Waals surface area contributed by atoms with Gasteiger partial charge in [0.1, 0.15) is 5.75 Å². The van der Waals surface area contributed by atoms with Gasteiger partial charge in [-0.05, 0) is 6.07 Å². The zero-order valence-electron chi connectivity index (χ0n) is 6.63. The molecule has 0 N–H and O–H groups in total. The van der Waals surface area contributed by atoms with Crippen molar-refractivity contribution < 1.29 is 9.53 Å². The van der Waals surface area contributed by atoms with Gasteiger partial charge in [-0.1, -0.05) is 23.7 Å². The minimum atomic E-state index is 0.212. The van der Waals surface area contributed by atoms with Crippen LogP contribution in [0.25, 0.3) is 0 Å². The Bertz CT molecular complexity index is 284. The molecule has 0 bridgehead atoms. The number of benzene rings is 1. The molecule has 0 unspecified atom stereocenters. The summed E-state index contributed by atoms with van der Waals surface area (Å²) < 4.78 is 5.02. The average Bonchev–Trinajstić information content (AvgIpc) is 2.05. The number of carbonyl (C=O) groups excluding carboxylic acids is 1. The average molecular weight is 184 g/mol. The third-order valence-corrected chi connectivity index (χ3v) is 1.81. The maximum Gasteiger partial charge on any atom is 0.203 e. The molecule has 0 amide bonds. The van der Waals surface area contributed by atoms with Crippen molar-refractivity contribution in [2.24, 2.45) is 0 Å². The topological polar surface area (TPSA) is 26.3 Å². The molecule has 1 aromatic rings. The summed E-state index contributed by atoms with van der Waals surface area (Å²) in [6, 6.07) is 5.28. The van der Waals surface area contributed by atoms with Crippen LogP contribution < -0.4 is 4.74 Å². The molecule has 0 aliphatic carbocycles. The van der Waals surface area contributed by atoms with Crippen LogP contribution in [0.2, 0.25) is 5.02 Å². The van der Waals surface area contributed by atoms with Crippen LogP contribution in [0.15, 0.2) is 18.2 Å². The van der Waals surface area contributed by atoms with E-state index in [0.717, 1.165) is 5.56 Å². The van der Waals surface area contributed by atoms with Gasteiger partial charge in [0.25, 0.3) is 0 Å². The fourth-order valence-electron chi connectivity index (χ4n) is 0.999. The molecule has 1 rings (SSSR count). The predicted octanol–water partition coefficient (Wildman–Crippen LogP) is 2.00. The van der Waals surface area contributed by atoms with Gasteiger partial charge >= 0.3 is 0 Å². The highest BCUT2D eigenvalue weighted by Gasteiger charge is 2.05.